The van der Waals surface area contributed by atoms with E-state index in [4.69, 9.17) is 10.1 Å². The predicted octanol–water partition coefficient (Wildman–Crippen LogP) is -0.0288. The molecule has 0 bridgehead atoms. The van der Waals surface area contributed by atoms with Gasteiger partial charge in [-0.25, -0.2) is 13.2 Å². The minimum Gasteiger partial charge on any atom is -0.383 e. The lowest BCUT2D eigenvalue weighted by Crippen LogP contribution is -2.57. The Balaban J connectivity index is 2.42. The van der Waals surface area contributed by atoms with Gasteiger partial charge in [0.05, 0.1) is 11.9 Å². The van der Waals surface area contributed by atoms with Crippen LogP contribution in [0.4, 0.5) is 4.79 Å². The Morgan fingerprint density at radius 1 is 1.58 bits per heavy atom. The first kappa shape index (κ1) is 14.3. The molecule has 0 radical (unpaired) electrons. The Hall–Kier alpha value is -1.15. The molecule has 7 nitrogen and oxygen atoms in total. The van der Waals surface area contributed by atoms with Gasteiger partial charge < -0.3 is 9.64 Å². The van der Waals surface area contributed by atoms with Gasteiger partial charge in [0.2, 0.25) is 0 Å². The SMILES string of the molecule is COCCN1C(=O)NC(=N)C12CCCC2S(C)(=O)=O. The zero-order valence-electron chi connectivity index (χ0n) is 11.1. The van der Waals surface area contributed by atoms with Crippen molar-refractivity contribution in [2.24, 2.45) is 0 Å². The lowest BCUT2D eigenvalue weighted by molar-refractivity contribution is 0.126. The number of nitrogens with one attached hydrogen (secondary N) is 2. The minimum absolute atomic E-state index is 0.00141. The van der Waals surface area contributed by atoms with Gasteiger partial charge in [-0.3, -0.25) is 10.7 Å². The van der Waals surface area contributed by atoms with E-state index in [0.717, 1.165) is 0 Å². The Kier molecular flexibility index (Phi) is 3.57. The normalized spacial score (nSPS) is 31.3. The molecule has 2 aliphatic rings. The van der Waals surface area contributed by atoms with Crippen LogP contribution in [0, 0.1) is 5.41 Å². The van der Waals surface area contributed by atoms with E-state index in [-0.39, 0.29) is 12.4 Å². The van der Waals surface area contributed by atoms with Crippen LogP contribution in [0.2, 0.25) is 0 Å². The van der Waals surface area contributed by atoms with Gasteiger partial charge in [-0.2, -0.15) is 0 Å². The second-order valence-electron chi connectivity index (χ2n) is 5.08. The quantitative estimate of drug-likeness (QED) is 0.759. The van der Waals surface area contributed by atoms with E-state index in [0.29, 0.717) is 25.9 Å². The van der Waals surface area contributed by atoms with Gasteiger partial charge in [-0.15, -0.1) is 0 Å². The highest BCUT2D eigenvalue weighted by Gasteiger charge is 2.60. The predicted molar refractivity (Wildman–Crippen MR) is 70.1 cm³/mol. The topological polar surface area (TPSA) is 99.6 Å². The first-order chi connectivity index (χ1) is 8.84. The Bertz CT molecular complexity index is 504. The number of hydrogen-bond donors (Lipinski definition) is 2. The molecule has 2 rings (SSSR count). The number of amides is 2. The third kappa shape index (κ3) is 2.12. The van der Waals surface area contributed by atoms with E-state index in [1.807, 2.05) is 0 Å². The van der Waals surface area contributed by atoms with E-state index in [2.05, 4.69) is 5.32 Å². The smallest absolute Gasteiger partial charge is 0.323 e. The van der Waals surface area contributed by atoms with Gasteiger partial charge in [-0.05, 0) is 19.3 Å². The van der Waals surface area contributed by atoms with Crippen LogP contribution >= 0.6 is 0 Å². The van der Waals surface area contributed by atoms with Crippen LogP contribution in [0.25, 0.3) is 0 Å². The monoisotopic (exact) mass is 289 g/mol. The molecule has 108 valence electrons. The van der Waals surface area contributed by atoms with Crippen molar-refractivity contribution < 1.29 is 17.9 Å². The summed E-state index contributed by atoms with van der Waals surface area (Å²) in [5.74, 6) is 0.00141. The molecule has 1 saturated carbocycles. The highest BCUT2D eigenvalue weighted by atomic mass is 32.2. The van der Waals surface area contributed by atoms with Gasteiger partial charge in [-0.1, -0.05) is 0 Å². The third-order valence-electron chi connectivity index (χ3n) is 3.98. The molecule has 2 atom stereocenters. The summed E-state index contributed by atoms with van der Waals surface area (Å²) < 4.78 is 28.9. The van der Waals surface area contributed by atoms with Crippen molar-refractivity contribution in [3.63, 3.8) is 0 Å². The van der Waals surface area contributed by atoms with Crippen molar-refractivity contribution in [3.05, 3.63) is 0 Å². The molecule has 0 aromatic heterocycles. The maximum absolute atomic E-state index is 12.0. The standard InChI is InChI=1S/C11H19N3O4S/c1-18-7-6-14-10(15)13-9(12)11(14)5-3-4-8(11)19(2,16)17/h8H,3-7H2,1-2H3,(H2,12,13,15). The summed E-state index contributed by atoms with van der Waals surface area (Å²) in [6, 6.07) is -0.405. The van der Waals surface area contributed by atoms with Crippen LogP contribution in [-0.2, 0) is 14.6 Å². The van der Waals surface area contributed by atoms with E-state index < -0.39 is 26.7 Å². The number of methoxy groups -OCH3 is 1. The summed E-state index contributed by atoms with van der Waals surface area (Å²) in [6.45, 7) is 0.607. The van der Waals surface area contributed by atoms with Crippen molar-refractivity contribution >= 4 is 21.7 Å². The lowest BCUT2D eigenvalue weighted by Gasteiger charge is -2.37. The fourth-order valence-corrected chi connectivity index (χ4v) is 4.87. The van der Waals surface area contributed by atoms with Gasteiger partial charge in [0.15, 0.2) is 9.84 Å². The van der Waals surface area contributed by atoms with E-state index in [1.54, 1.807) is 0 Å². The highest BCUT2D eigenvalue weighted by molar-refractivity contribution is 7.91. The molecule has 1 saturated heterocycles. The zero-order chi connectivity index (χ0) is 14.3. The van der Waals surface area contributed by atoms with Crippen LogP contribution in [-0.4, -0.2) is 62.5 Å². The van der Waals surface area contributed by atoms with Crippen LogP contribution < -0.4 is 5.32 Å². The second kappa shape index (κ2) is 4.75. The molecule has 8 heteroatoms. The highest BCUT2D eigenvalue weighted by Crippen LogP contribution is 2.42. The molecule has 1 heterocycles. The Morgan fingerprint density at radius 2 is 2.26 bits per heavy atom. The van der Waals surface area contributed by atoms with Crippen molar-refractivity contribution in [2.45, 2.75) is 30.1 Å². The number of nitrogens with zero attached hydrogens (tertiary/aromatic N) is 1. The Morgan fingerprint density at radius 3 is 2.84 bits per heavy atom. The summed E-state index contributed by atoms with van der Waals surface area (Å²) in [7, 11) is -1.80. The lowest BCUT2D eigenvalue weighted by atomic mass is 9.95. The molecule has 1 aliphatic carbocycles. The molecule has 1 spiro atoms. The summed E-state index contributed by atoms with van der Waals surface area (Å²) >= 11 is 0. The number of hydrogen-bond acceptors (Lipinski definition) is 5. The maximum Gasteiger partial charge on any atom is 0.323 e. The molecule has 0 aromatic rings. The molecule has 2 N–H and O–H groups in total. The van der Waals surface area contributed by atoms with Gasteiger partial charge in [0, 0.05) is 19.9 Å². The minimum atomic E-state index is -3.32. The molecular formula is C11H19N3O4S. The number of ether oxygens (including phenoxy) is 1. The third-order valence-corrected chi connectivity index (χ3v) is 5.64. The number of carbonyl (C=O) groups excluding carboxylic acids is 1. The molecular weight excluding hydrogens is 270 g/mol. The van der Waals surface area contributed by atoms with E-state index in [9.17, 15) is 13.2 Å². The van der Waals surface area contributed by atoms with Gasteiger partial charge in [0.25, 0.3) is 0 Å². The first-order valence-electron chi connectivity index (χ1n) is 6.19. The number of sulfone groups is 1. The van der Waals surface area contributed by atoms with Crippen molar-refractivity contribution in [1.82, 2.24) is 10.2 Å². The maximum atomic E-state index is 12.0. The molecule has 19 heavy (non-hydrogen) atoms. The van der Waals surface area contributed by atoms with Crippen molar-refractivity contribution in [2.75, 3.05) is 26.5 Å². The number of rotatable bonds is 4. The summed E-state index contributed by atoms with van der Waals surface area (Å²) in [4.78, 5) is 13.4. The summed E-state index contributed by atoms with van der Waals surface area (Å²) in [5.41, 5.74) is -1.02. The number of urea groups is 1. The molecule has 2 amide bonds. The number of carbonyl (C=O) groups is 1. The largest absolute Gasteiger partial charge is 0.383 e. The average Bonchev–Trinajstić information content (AvgIpc) is 2.83. The van der Waals surface area contributed by atoms with Gasteiger partial charge in [0.1, 0.15) is 11.4 Å². The van der Waals surface area contributed by atoms with Crippen LogP contribution in [0.3, 0.4) is 0 Å². The van der Waals surface area contributed by atoms with Crippen LogP contribution in [0.5, 0.6) is 0 Å². The zero-order valence-corrected chi connectivity index (χ0v) is 11.9. The molecule has 0 aromatic carbocycles. The molecule has 2 fully saturated rings. The summed E-state index contributed by atoms with van der Waals surface area (Å²) in [6.07, 6.45) is 2.86. The Labute approximate surface area is 112 Å². The van der Waals surface area contributed by atoms with Crippen LogP contribution in [0.1, 0.15) is 19.3 Å². The fraction of sp³-hybridized carbons (Fsp3) is 0.818. The van der Waals surface area contributed by atoms with Crippen LogP contribution in [0.15, 0.2) is 0 Å². The molecule has 2 unspecified atom stereocenters. The van der Waals surface area contributed by atoms with E-state index >= 15 is 0 Å². The number of amidine groups is 1. The van der Waals surface area contributed by atoms with Crippen molar-refractivity contribution in [3.8, 4) is 0 Å². The molecule has 1 aliphatic heterocycles. The van der Waals surface area contributed by atoms with E-state index in [1.165, 1.54) is 18.3 Å². The summed E-state index contributed by atoms with van der Waals surface area (Å²) in [5, 5.41) is 9.78. The fourth-order valence-electron chi connectivity index (χ4n) is 3.20. The average molecular weight is 289 g/mol. The second-order valence-corrected chi connectivity index (χ2v) is 7.31. The van der Waals surface area contributed by atoms with Crippen molar-refractivity contribution in [1.29, 1.82) is 5.41 Å². The van der Waals surface area contributed by atoms with Gasteiger partial charge >= 0.3 is 6.03 Å². The first-order valence-corrected chi connectivity index (χ1v) is 8.15.